The quantitative estimate of drug-likeness (QED) is 0.682. The van der Waals surface area contributed by atoms with Crippen LogP contribution in [0.4, 0.5) is 0 Å². The number of ether oxygens (including phenoxy) is 1. The smallest absolute Gasteiger partial charge is 0.0690 e. The second-order valence-electron chi connectivity index (χ2n) is 4.72. The van der Waals surface area contributed by atoms with E-state index < -0.39 is 0 Å². The molecule has 0 atom stereocenters. The summed E-state index contributed by atoms with van der Waals surface area (Å²) in [6.07, 6.45) is 5.60. The summed E-state index contributed by atoms with van der Waals surface area (Å²) in [7, 11) is 0. The van der Waals surface area contributed by atoms with E-state index in [1.165, 1.54) is 25.7 Å². The monoisotopic (exact) mass is 211 g/mol. The maximum absolute atomic E-state index is 5.85. The van der Waals surface area contributed by atoms with Gasteiger partial charge in [0, 0.05) is 6.54 Å². The lowest BCUT2D eigenvalue weighted by Gasteiger charge is -2.26. The lowest BCUT2D eigenvalue weighted by Crippen LogP contribution is -2.24. The van der Waals surface area contributed by atoms with Gasteiger partial charge in [0.15, 0.2) is 0 Å². The molecule has 0 aromatic rings. The summed E-state index contributed by atoms with van der Waals surface area (Å²) in [6.45, 7) is 11.1. The van der Waals surface area contributed by atoms with Crippen LogP contribution in [-0.4, -0.2) is 25.8 Å². The van der Waals surface area contributed by atoms with Crippen molar-refractivity contribution in [2.24, 2.45) is 5.92 Å². The molecule has 88 valence electrons. The lowest BCUT2D eigenvalue weighted by molar-refractivity contribution is 0.0326. The Kier molecular flexibility index (Phi) is 5.96. The van der Waals surface area contributed by atoms with Crippen molar-refractivity contribution in [1.82, 2.24) is 5.32 Å². The Morgan fingerprint density at radius 1 is 1.33 bits per heavy atom. The summed E-state index contributed by atoms with van der Waals surface area (Å²) in [5, 5.41) is 3.26. The molecule has 15 heavy (non-hydrogen) atoms. The topological polar surface area (TPSA) is 21.3 Å². The highest BCUT2D eigenvalue weighted by Crippen LogP contribution is 2.25. The molecule has 0 heterocycles. The van der Waals surface area contributed by atoms with Gasteiger partial charge in [-0.05, 0) is 43.7 Å². The Morgan fingerprint density at radius 2 is 2.00 bits per heavy atom. The zero-order valence-corrected chi connectivity index (χ0v) is 10.2. The van der Waals surface area contributed by atoms with Crippen molar-refractivity contribution in [3.05, 3.63) is 12.2 Å². The van der Waals surface area contributed by atoms with Crippen LogP contribution in [0.2, 0.25) is 0 Å². The third-order valence-electron chi connectivity index (χ3n) is 3.11. The summed E-state index contributed by atoms with van der Waals surface area (Å²) < 4.78 is 5.85. The van der Waals surface area contributed by atoms with Crippen LogP contribution in [0, 0.1) is 5.92 Å². The summed E-state index contributed by atoms with van der Waals surface area (Å²) in [5.74, 6) is 0.898. The number of rotatable bonds is 6. The zero-order chi connectivity index (χ0) is 11.1. The van der Waals surface area contributed by atoms with Gasteiger partial charge in [0.05, 0.1) is 12.7 Å². The highest BCUT2D eigenvalue weighted by molar-refractivity contribution is 4.96. The van der Waals surface area contributed by atoms with E-state index in [-0.39, 0.29) is 0 Å². The van der Waals surface area contributed by atoms with Crippen LogP contribution in [0.1, 0.15) is 39.5 Å². The van der Waals surface area contributed by atoms with Crippen LogP contribution in [0.3, 0.4) is 0 Å². The van der Waals surface area contributed by atoms with Gasteiger partial charge in [0.2, 0.25) is 0 Å². The summed E-state index contributed by atoms with van der Waals surface area (Å²) >= 11 is 0. The molecule has 2 heteroatoms. The minimum Gasteiger partial charge on any atom is -0.374 e. The van der Waals surface area contributed by atoms with Crippen molar-refractivity contribution in [3.8, 4) is 0 Å². The molecule has 0 saturated heterocycles. The first-order valence-electron chi connectivity index (χ1n) is 6.21. The molecule has 1 aliphatic rings. The van der Waals surface area contributed by atoms with Crippen molar-refractivity contribution in [1.29, 1.82) is 0 Å². The average molecular weight is 211 g/mol. The van der Waals surface area contributed by atoms with E-state index in [1.807, 2.05) is 0 Å². The fourth-order valence-corrected chi connectivity index (χ4v) is 1.98. The van der Waals surface area contributed by atoms with Gasteiger partial charge in [-0.2, -0.15) is 0 Å². The van der Waals surface area contributed by atoms with Gasteiger partial charge >= 0.3 is 0 Å². The lowest BCUT2D eigenvalue weighted by atomic mass is 9.89. The molecule has 0 aromatic heterocycles. The van der Waals surface area contributed by atoms with Crippen LogP contribution in [0.25, 0.3) is 0 Å². The van der Waals surface area contributed by atoms with Crippen molar-refractivity contribution in [2.45, 2.75) is 45.6 Å². The van der Waals surface area contributed by atoms with E-state index in [9.17, 15) is 0 Å². The van der Waals surface area contributed by atoms with Crippen LogP contribution in [0.5, 0.6) is 0 Å². The van der Waals surface area contributed by atoms with E-state index in [0.29, 0.717) is 6.10 Å². The Labute approximate surface area is 94.1 Å². The van der Waals surface area contributed by atoms with Crippen LogP contribution in [-0.2, 0) is 4.74 Å². The zero-order valence-electron chi connectivity index (χ0n) is 10.2. The van der Waals surface area contributed by atoms with Crippen molar-refractivity contribution < 1.29 is 4.74 Å². The van der Waals surface area contributed by atoms with E-state index in [1.54, 1.807) is 0 Å². The second kappa shape index (κ2) is 7.02. The molecule has 0 aliphatic heterocycles. The maximum Gasteiger partial charge on any atom is 0.0690 e. The van der Waals surface area contributed by atoms with Crippen molar-refractivity contribution in [2.75, 3.05) is 19.7 Å². The van der Waals surface area contributed by atoms with Gasteiger partial charge in [-0.15, -0.1) is 0 Å². The fraction of sp³-hybridized carbons (Fsp3) is 0.846. The molecule has 1 N–H and O–H groups in total. The molecule has 0 aromatic carbocycles. The second-order valence-corrected chi connectivity index (χ2v) is 4.72. The van der Waals surface area contributed by atoms with E-state index >= 15 is 0 Å². The molecular weight excluding hydrogens is 186 g/mol. The number of hydrogen-bond acceptors (Lipinski definition) is 2. The van der Waals surface area contributed by atoms with Crippen LogP contribution in [0.15, 0.2) is 12.2 Å². The van der Waals surface area contributed by atoms with E-state index in [2.05, 4.69) is 25.7 Å². The first kappa shape index (κ1) is 12.7. The summed E-state index contributed by atoms with van der Waals surface area (Å²) in [4.78, 5) is 0. The van der Waals surface area contributed by atoms with Gasteiger partial charge < -0.3 is 10.1 Å². The van der Waals surface area contributed by atoms with Crippen LogP contribution < -0.4 is 5.32 Å². The van der Waals surface area contributed by atoms with Gasteiger partial charge in [0.25, 0.3) is 0 Å². The molecule has 0 radical (unpaired) electrons. The molecule has 1 saturated carbocycles. The molecule has 0 amide bonds. The highest BCUT2D eigenvalue weighted by Gasteiger charge is 2.18. The molecule has 1 aliphatic carbocycles. The van der Waals surface area contributed by atoms with E-state index in [4.69, 9.17) is 4.74 Å². The Hall–Kier alpha value is -0.340. The molecule has 1 fully saturated rings. The highest BCUT2D eigenvalue weighted by atomic mass is 16.5. The molecule has 1 rings (SSSR count). The predicted octanol–water partition coefficient (Wildman–Crippen LogP) is 2.75. The largest absolute Gasteiger partial charge is 0.374 e. The minimum absolute atomic E-state index is 0.486. The fourth-order valence-electron chi connectivity index (χ4n) is 1.98. The Bertz CT molecular complexity index is 183. The Balaban J connectivity index is 2.06. The van der Waals surface area contributed by atoms with Gasteiger partial charge in [-0.3, -0.25) is 0 Å². The third-order valence-corrected chi connectivity index (χ3v) is 3.11. The predicted molar refractivity (Wildman–Crippen MR) is 65.1 cm³/mol. The molecule has 2 nitrogen and oxygen atoms in total. The molecule has 0 spiro atoms. The minimum atomic E-state index is 0.486. The van der Waals surface area contributed by atoms with Crippen LogP contribution >= 0.6 is 0 Å². The van der Waals surface area contributed by atoms with E-state index in [0.717, 1.165) is 31.2 Å². The Morgan fingerprint density at radius 3 is 2.60 bits per heavy atom. The summed E-state index contributed by atoms with van der Waals surface area (Å²) in [6, 6.07) is 0. The first-order valence-corrected chi connectivity index (χ1v) is 6.21. The normalized spacial score (nSPS) is 26.5. The number of hydrogen-bond donors (Lipinski definition) is 1. The molecular formula is C13H25NO. The third kappa shape index (κ3) is 5.33. The van der Waals surface area contributed by atoms with Gasteiger partial charge in [-0.1, -0.05) is 20.4 Å². The first-order chi connectivity index (χ1) is 7.22. The van der Waals surface area contributed by atoms with Crippen molar-refractivity contribution in [3.63, 3.8) is 0 Å². The number of nitrogens with one attached hydrogen (secondary N) is 1. The summed E-state index contributed by atoms with van der Waals surface area (Å²) in [5.41, 5.74) is 1.16. The number of likely N-dealkylation sites (N-methyl/N-ethyl adjacent to an activating group) is 1. The average Bonchev–Trinajstić information content (AvgIpc) is 2.25. The van der Waals surface area contributed by atoms with Gasteiger partial charge in [-0.25, -0.2) is 0 Å². The SMILES string of the molecule is C=C(CNCC)COC1CCC(C)CC1. The van der Waals surface area contributed by atoms with Crippen molar-refractivity contribution >= 4 is 0 Å². The van der Waals surface area contributed by atoms with Gasteiger partial charge in [0.1, 0.15) is 0 Å². The molecule has 0 unspecified atom stereocenters. The molecule has 0 bridgehead atoms. The standard InChI is InChI=1S/C13H25NO/c1-4-14-9-12(3)10-15-13-7-5-11(2)6-8-13/h11,13-14H,3-10H2,1-2H3. The maximum atomic E-state index is 5.85.